The van der Waals surface area contributed by atoms with E-state index in [0.29, 0.717) is 0 Å². The summed E-state index contributed by atoms with van der Waals surface area (Å²) in [6.07, 6.45) is 0. The highest BCUT2D eigenvalue weighted by atomic mass is 35.5. The predicted octanol–water partition coefficient (Wildman–Crippen LogP) is 3.57. The molecule has 0 radical (unpaired) electrons. The Hall–Kier alpha value is -0.780. The van der Waals surface area contributed by atoms with Gasteiger partial charge in [-0.05, 0) is 44.9 Å². The molecule has 0 amide bonds. The molecule has 0 aliphatic heterocycles. The molecule has 1 aromatic carbocycles. The molecule has 3 nitrogen and oxygen atoms in total. The number of aromatic carboxylic acids is 1. The van der Waals surface area contributed by atoms with Crippen LogP contribution in [0.3, 0.4) is 0 Å². The van der Waals surface area contributed by atoms with Gasteiger partial charge in [0, 0.05) is 5.54 Å². The number of carboxylic acid groups (broad SMARTS) is 1. The Labute approximate surface area is 108 Å². The van der Waals surface area contributed by atoms with Crippen LogP contribution in [0, 0.1) is 5.82 Å². The van der Waals surface area contributed by atoms with E-state index in [4.69, 9.17) is 16.7 Å². The Morgan fingerprint density at radius 3 is 2.53 bits per heavy atom. The maximum atomic E-state index is 13.5. The number of benzene rings is 1. The molecule has 2 N–H and O–H groups in total. The van der Waals surface area contributed by atoms with Crippen molar-refractivity contribution in [2.24, 2.45) is 0 Å². The van der Waals surface area contributed by atoms with Gasteiger partial charge in [0.15, 0.2) is 0 Å². The van der Waals surface area contributed by atoms with E-state index in [-0.39, 0.29) is 21.0 Å². The van der Waals surface area contributed by atoms with Crippen molar-refractivity contribution in [1.29, 1.82) is 0 Å². The van der Waals surface area contributed by atoms with Gasteiger partial charge >= 0.3 is 5.97 Å². The van der Waals surface area contributed by atoms with Crippen molar-refractivity contribution in [3.8, 4) is 0 Å². The van der Waals surface area contributed by atoms with Crippen LogP contribution >= 0.6 is 23.5 Å². The Kier molecular flexibility index (Phi) is 4.41. The third-order valence-electron chi connectivity index (χ3n) is 1.72. The van der Waals surface area contributed by atoms with Crippen LogP contribution in [0.4, 0.5) is 4.39 Å². The molecule has 0 spiro atoms. The quantitative estimate of drug-likeness (QED) is 0.829. The lowest BCUT2D eigenvalue weighted by atomic mass is 10.1. The van der Waals surface area contributed by atoms with Gasteiger partial charge in [-0.25, -0.2) is 9.18 Å². The molecular formula is C11H13ClFNO2S. The van der Waals surface area contributed by atoms with Crippen molar-refractivity contribution in [2.75, 3.05) is 0 Å². The molecule has 0 bridgehead atoms. The van der Waals surface area contributed by atoms with Crippen LogP contribution in [-0.2, 0) is 0 Å². The molecule has 0 aromatic heterocycles. The van der Waals surface area contributed by atoms with Gasteiger partial charge in [0.2, 0.25) is 0 Å². The van der Waals surface area contributed by atoms with E-state index in [9.17, 15) is 9.18 Å². The summed E-state index contributed by atoms with van der Waals surface area (Å²) in [5.41, 5.74) is -0.314. The minimum Gasteiger partial charge on any atom is -0.478 e. The van der Waals surface area contributed by atoms with E-state index in [1.54, 1.807) is 0 Å². The zero-order valence-corrected chi connectivity index (χ0v) is 11.2. The number of carboxylic acids is 1. The predicted molar refractivity (Wildman–Crippen MR) is 67.1 cm³/mol. The van der Waals surface area contributed by atoms with Crippen LogP contribution in [0.5, 0.6) is 0 Å². The smallest absolute Gasteiger partial charge is 0.337 e. The van der Waals surface area contributed by atoms with E-state index in [1.165, 1.54) is 6.07 Å². The summed E-state index contributed by atoms with van der Waals surface area (Å²) in [6, 6.07) is 2.24. The Balaban J connectivity index is 3.00. The van der Waals surface area contributed by atoms with E-state index in [0.717, 1.165) is 18.0 Å². The average molecular weight is 278 g/mol. The molecule has 1 aromatic rings. The first-order valence-corrected chi connectivity index (χ1v) is 6.06. The molecule has 0 fully saturated rings. The number of nitrogens with one attached hydrogen (secondary N) is 1. The molecule has 0 unspecified atom stereocenters. The molecule has 94 valence electrons. The zero-order valence-electron chi connectivity index (χ0n) is 9.67. The fourth-order valence-electron chi connectivity index (χ4n) is 0.979. The van der Waals surface area contributed by atoms with Crippen LogP contribution in [0.2, 0.25) is 5.02 Å². The number of rotatable bonds is 3. The topological polar surface area (TPSA) is 49.3 Å². The highest BCUT2D eigenvalue weighted by molar-refractivity contribution is 7.97. The van der Waals surface area contributed by atoms with Crippen LogP contribution in [0.15, 0.2) is 17.0 Å². The molecule has 0 aliphatic rings. The summed E-state index contributed by atoms with van der Waals surface area (Å²) < 4.78 is 16.5. The van der Waals surface area contributed by atoms with Crippen LogP contribution in [-0.4, -0.2) is 16.6 Å². The van der Waals surface area contributed by atoms with Crippen LogP contribution in [0.25, 0.3) is 0 Å². The van der Waals surface area contributed by atoms with Gasteiger partial charge in [0.1, 0.15) is 5.82 Å². The maximum absolute atomic E-state index is 13.5. The fraction of sp³-hybridized carbons (Fsp3) is 0.364. The van der Waals surface area contributed by atoms with E-state index >= 15 is 0 Å². The highest BCUT2D eigenvalue weighted by Crippen LogP contribution is 2.27. The number of halogens is 2. The standard InChI is InChI=1S/C11H13ClFNO2S/c1-11(2,3)14-17-9-4-6(10(15)16)7(12)5-8(9)13/h4-5,14H,1-3H3,(H,15,16). The first-order chi connectivity index (χ1) is 7.70. The summed E-state index contributed by atoms with van der Waals surface area (Å²) >= 11 is 6.68. The second-order valence-electron chi connectivity index (χ2n) is 4.52. The minimum absolute atomic E-state index is 0.102. The lowest BCUT2D eigenvalue weighted by Gasteiger charge is -2.19. The third kappa shape index (κ3) is 4.18. The molecular weight excluding hydrogens is 265 g/mol. The summed E-state index contributed by atoms with van der Waals surface area (Å²) in [5, 5.41) is 8.77. The third-order valence-corrected chi connectivity index (χ3v) is 3.28. The molecule has 6 heteroatoms. The van der Waals surface area contributed by atoms with Gasteiger partial charge in [-0.15, -0.1) is 0 Å². The van der Waals surface area contributed by atoms with Crippen molar-refractivity contribution in [2.45, 2.75) is 31.2 Å². The normalized spacial score (nSPS) is 11.6. The van der Waals surface area contributed by atoms with Crippen molar-refractivity contribution in [1.82, 2.24) is 4.72 Å². The van der Waals surface area contributed by atoms with Crippen LogP contribution < -0.4 is 4.72 Å². The summed E-state index contributed by atoms with van der Waals surface area (Å²) in [5.74, 6) is -1.71. The zero-order chi connectivity index (χ0) is 13.2. The van der Waals surface area contributed by atoms with Crippen LogP contribution in [0.1, 0.15) is 31.1 Å². The molecule has 0 aliphatic carbocycles. The summed E-state index contributed by atoms with van der Waals surface area (Å²) in [4.78, 5) is 11.1. The average Bonchev–Trinajstić information content (AvgIpc) is 2.14. The number of carbonyl (C=O) groups is 1. The van der Waals surface area contributed by atoms with Gasteiger partial charge in [-0.2, -0.15) is 0 Å². The number of hydrogen-bond acceptors (Lipinski definition) is 3. The molecule has 1 rings (SSSR count). The fourth-order valence-corrected chi connectivity index (χ4v) is 1.96. The Morgan fingerprint density at radius 2 is 2.06 bits per heavy atom. The molecule has 0 saturated heterocycles. The Morgan fingerprint density at radius 1 is 1.47 bits per heavy atom. The maximum Gasteiger partial charge on any atom is 0.337 e. The molecule has 0 heterocycles. The van der Waals surface area contributed by atoms with Crippen molar-refractivity contribution >= 4 is 29.5 Å². The van der Waals surface area contributed by atoms with Gasteiger partial charge in [-0.3, -0.25) is 4.72 Å². The van der Waals surface area contributed by atoms with E-state index in [1.807, 2.05) is 20.8 Å². The minimum atomic E-state index is -1.17. The summed E-state index contributed by atoms with van der Waals surface area (Å²) in [6.45, 7) is 5.77. The second kappa shape index (κ2) is 5.25. The van der Waals surface area contributed by atoms with Gasteiger partial charge in [-0.1, -0.05) is 11.6 Å². The largest absolute Gasteiger partial charge is 0.478 e. The molecule has 0 saturated carbocycles. The first-order valence-electron chi connectivity index (χ1n) is 4.87. The van der Waals surface area contributed by atoms with E-state index in [2.05, 4.69) is 4.72 Å². The van der Waals surface area contributed by atoms with Gasteiger partial charge in [0.05, 0.1) is 15.5 Å². The highest BCUT2D eigenvalue weighted by Gasteiger charge is 2.16. The van der Waals surface area contributed by atoms with Crippen molar-refractivity contribution in [3.05, 3.63) is 28.5 Å². The monoisotopic (exact) mass is 277 g/mol. The van der Waals surface area contributed by atoms with Crippen molar-refractivity contribution < 1.29 is 14.3 Å². The lowest BCUT2D eigenvalue weighted by Crippen LogP contribution is -2.29. The molecule has 17 heavy (non-hydrogen) atoms. The molecule has 0 atom stereocenters. The SMILES string of the molecule is CC(C)(C)NSc1cc(C(=O)O)c(Cl)cc1F. The second-order valence-corrected chi connectivity index (χ2v) is 5.78. The van der Waals surface area contributed by atoms with Crippen molar-refractivity contribution in [3.63, 3.8) is 0 Å². The van der Waals surface area contributed by atoms with Gasteiger partial charge < -0.3 is 5.11 Å². The Bertz CT molecular complexity index is 446. The van der Waals surface area contributed by atoms with Gasteiger partial charge in [0.25, 0.3) is 0 Å². The van der Waals surface area contributed by atoms with E-state index < -0.39 is 11.8 Å². The first kappa shape index (κ1) is 14.3. The lowest BCUT2D eigenvalue weighted by molar-refractivity contribution is 0.0696. The number of hydrogen-bond donors (Lipinski definition) is 2. The summed E-state index contributed by atoms with van der Waals surface area (Å²) in [7, 11) is 0.